The monoisotopic (exact) mass is 403 g/mol. The van der Waals surface area contributed by atoms with E-state index in [0.717, 1.165) is 21.3 Å². The fourth-order valence-corrected chi connectivity index (χ4v) is 4.59. The molecule has 3 aromatic rings. The quantitative estimate of drug-likeness (QED) is 0.365. The summed E-state index contributed by atoms with van der Waals surface area (Å²) in [5.74, 6) is 0. The zero-order valence-corrected chi connectivity index (χ0v) is 16.0. The Hall–Kier alpha value is -3.27. The molecule has 9 nitrogen and oxygen atoms in total. The molecule has 3 rings (SSSR count). The van der Waals surface area contributed by atoms with Gasteiger partial charge in [-0.25, -0.2) is 8.42 Å². The van der Waals surface area contributed by atoms with Crippen LogP contribution in [0.3, 0.4) is 0 Å². The number of benzene rings is 2. The second-order valence-corrected chi connectivity index (χ2v) is 7.90. The molecule has 28 heavy (non-hydrogen) atoms. The standard InChI is InChI=1S/C18H17N3O6S/c1-3-19-13-10-15(21(24)25)16(28(26,27)12-8-6-5-7-9-12)11-14(13)20(4-2)18(23)17(19)22/h5-11H,3-4H2,1-2H3. The van der Waals surface area contributed by atoms with E-state index in [9.17, 15) is 28.1 Å². The zero-order valence-electron chi connectivity index (χ0n) is 15.2. The van der Waals surface area contributed by atoms with E-state index in [-0.39, 0.29) is 29.0 Å². The molecule has 0 radical (unpaired) electrons. The van der Waals surface area contributed by atoms with E-state index in [4.69, 9.17) is 0 Å². The van der Waals surface area contributed by atoms with Gasteiger partial charge in [0.05, 0.1) is 20.9 Å². The fourth-order valence-electron chi connectivity index (χ4n) is 3.14. The molecule has 0 aliphatic heterocycles. The van der Waals surface area contributed by atoms with Crippen molar-refractivity contribution in [1.82, 2.24) is 9.13 Å². The Labute approximate surface area is 159 Å². The maximum absolute atomic E-state index is 13.0. The molecule has 0 spiro atoms. The van der Waals surface area contributed by atoms with Gasteiger partial charge in [-0.05, 0) is 32.0 Å². The Morgan fingerprint density at radius 1 is 0.929 bits per heavy atom. The lowest BCUT2D eigenvalue weighted by Gasteiger charge is -2.14. The zero-order chi connectivity index (χ0) is 20.6. The van der Waals surface area contributed by atoms with Crippen LogP contribution in [0.15, 0.2) is 61.8 Å². The van der Waals surface area contributed by atoms with Gasteiger partial charge in [-0.2, -0.15) is 0 Å². The van der Waals surface area contributed by atoms with Crippen LogP contribution in [0.5, 0.6) is 0 Å². The van der Waals surface area contributed by atoms with Gasteiger partial charge >= 0.3 is 11.1 Å². The molecule has 0 unspecified atom stereocenters. The van der Waals surface area contributed by atoms with Crippen molar-refractivity contribution in [2.75, 3.05) is 0 Å². The Kier molecular flexibility index (Phi) is 4.90. The van der Waals surface area contributed by atoms with Crippen molar-refractivity contribution in [3.63, 3.8) is 0 Å². The highest BCUT2D eigenvalue weighted by molar-refractivity contribution is 7.91. The predicted octanol–water partition coefficient (Wildman–Crippen LogP) is 1.94. The summed E-state index contributed by atoms with van der Waals surface area (Å²) in [5.41, 5.74) is -2.00. The van der Waals surface area contributed by atoms with Crippen molar-refractivity contribution in [2.45, 2.75) is 36.7 Å². The van der Waals surface area contributed by atoms with Gasteiger partial charge in [0, 0.05) is 19.2 Å². The Balaban J connectivity index is 2.54. The Bertz CT molecular complexity index is 1310. The molecule has 0 N–H and O–H groups in total. The number of sulfone groups is 1. The molecule has 0 amide bonds. The average molecular weight is 403 g/mol. The van der Waals surface area contributed by atoms with E-state index in [1.807, 2.05) is 0 Å². The lowest BCUT2D eigenvalue weighted by Crippen LogP contribution is -2.41. The molecule has 0 saturated carbocycles. The summed E-state index contributed by atoms with van der Waals surface area (Å²) >= 11 is 0. The second-order valence-electron chi connectivity index (χ2n) is 5.98. The first kappa shape index (κ1) is 19.5. The lowest BCUT2D eigenvalue weighted by atomic mass is 10.2. The van der Waals surface area contributed by atoms with E-state index in [1.54, 1.807) is 19.9 Å². The molecule has 1 heterocycles. The minimum atomic E-state index is -4.22. The van der Waals surface area contributed by atoms with Crippen LogP contribution >= 0.6 is 0 Å². The SMILES string of the molecule is CCn1c(=O)c(=O)n(CC)c2cc(S(=O)(=O)c3ccccc3)c([N+](=O)[O-])cc21. The van der Waals surface area contributed by atoms with Crippen molar-refractivity contribution in [3.8, 4) is 0 Å². The molecule has 0 bridgehead atoms. The number of hydrogen-bond donors (Lipinski definition) is 0. The van der Waals surface area contributed by atoms with Crippen LogP contribution < -0.4 is 11.1 Å². The van der Waals surface area contributed by atoms with Gasteiger partial charge in [0.15, 0.2) is 4.90 Å². The van der Waals surface area contributed by atoms with Crippen LogP contribution in [0, 0.1) is 10.1 Å². The van der Waals surface area contributed by atoms with Crippen molar-refractivity contribution in [1.29, 1.82) is 0 Å². The van der Waals surface area contributed by atoms with Gasteiger partial charge in [0.25, 0.3) is 5.69 Å². The molecule has 0 atom stereocenters. The summed E-state index contributed by atoms with van der Waals surface area (Å²) in [6, 6.07) is 9.47. The smallest absolute Gasteiger partial charge is 0.302 e. The van der Waals surface area contributed by atoms with Crippen molar-refractivity contribution < 1.29 is 13.3 Å². The number of nitro benzene ring substituents is 1. The predicted molar refractivity (Wildman–Crippen MR) is 102 cm³/mol. The lowest BCUT2D eigenvalue weighted by molar-refractivity contribution is -0.387. The fraction of sp³-hybridized carbons (Fsp3) is 0.222. The highest BCUT2D eigenvalue weighted by atomic mass is 32.2. The number of rotatable bonds is 5. The minimum absolute atomic E-state index is 0.105. The summed E-state index contributed by atoms with van der Waals surface area (Å²) in [6.07, 6.45) is 0. The Morgan fingerprint density at radius 3 is 1.89 bits per heavy atom. The number of aryl methyl sites for hydroxylation is 2. The normalized spacial score (nSPS) is 11.6. The van der Waals surface area contributed by atoms with Crippen molar-refractivity contribution in [3.05, 3.63) is 73.3 Å². The van der Waals surface area contributed by atoms with Gasteiger partial charge in [-0.15, -0.1) is 0 Å². The number of fused-ring (bicyclic) bond motifs is 1. The van der Waals surface area contributed by atoms with Crippen LogP contribution in [0.2, 0.25) is 0 Å². The molecule has 2 aromatic carbocycles. The summed E-state index contributed by atoms with van der Waals surface area (Å²) in [7, 11) is -4.22. The second kappa shape index (κ2) is 7.04. The van der Waals surface area contributed by atoms with Crippen LogP contribution in [-0.4, -0.2) is 22.5 Å². The Morgan fingerprint density at radius 2 is 1.43 bits per heavy atom. The van der Waals surface area contributed by atoms with E-state index >= 15 is 0 Å². The molecular weight excluding hydrogens is 386 g/mol. The van der Waals surface area contributed by atoms with Gasteiger partial charge in [0.1, 0.15) is 0 Å². The third kappa shape index (κ3) is 2.91. The molecule has 0 aliphatic rings. The molecule has 10 heteroatoms. The van der Waals surface area contributed by atoms with Gasteiger partial charge in [0.2, 0.25) is 9.84 Å². The maximum Gasteiger partial charge on any atom is 0.316 e. The van der Waals surface area contributed by atoms with Gasteiger partial charge in [-0.3, -0.25) is 19.7 Å². The number of aromatic nitrogens is 2. The summed E-state index contributed by atoms with van der Waals surface area (Å²) < 4.78 is 28.3. The van der Waals surface area contributed by atoms with Crippen LogP contribution in [0.1, 0.15) is 13.8 Å². The number of hydrogen-bond acceptors (Lipinski definition) is 6. The van der Waals surface area contributed by atoms with Gasteiger partial charge in [-0.1, -0.05) is 18.2 Å². The summed E-state index contributed by atoms with van der Waals surface area (Å²) in [5, 5.41) is 11.6. The van der Waals surface area contributed by atoms with E-state index in [0.29, 0.717) is 0 Å². The van der Waals surface area contributed by atoms with E-state index in [2.05, 4.69) is 0 Å². The average Bonchev–Trinajstić information content (AvgIpc) is 2.69. The first-order chi connectivity index (χ1) is 13.2. The minimum Gasteiger partial charge on any atom is -0.302 e. The third-order valence-electron chi connectivity index (χ3n) is 4.48. The summed E-state index contributed by atoms with van der Waals surface area (Å²) in [6.45, 7) is 3.47. The third-order valence-corrected chi connectivity index (χ3v) is 6.28. The first-order valence-electron chi connectivity index (χ1n) is 8.50. The highest BCUT2D eigenvalue weighted by Gasteiger charge is 2.30. The summed E-state index contributed by atoms with van der Waals surface area (Å²) in [4.78, 5) is 34.9. The number of nitrogens with zero attached hydrogens (tertiary/aromatic N) is 3. The molecule has 1 aromatic heterocycles. The molecule has 146 valence electrons. The molecule has 0 saturated heterocycles. The van der Waals surface area contributed by atoms with Crippen molar-refractivity contribution >= 4 is 26.6 Å². The highest BCUT2D eigenvalue weighted by Crippen LogP contribution is 2.32. The van der Waals surface area contributed by atoms with Crippen LogP contribution in [0.25, 0.3) is 11.0 Å². The molecule has 0 aliphatic carbocycles. The van der Waals surface area contributed by atoms with Crippen LogP contribution in [-0.2, 0) is 22.9 Å². The van der Waals surface area contributed by atoms with Gasteiger partial charge < -0.3 is 9.13 Å². The topological polar surface area (TPSA) is 121 Å². The maximum atomic E-state index is 13.0. The number of nitro groups is 1. The largest absolute Gasteiger partial charge is 0.316 e. The first-order valence-corrected chi connectivity index (χ1v) is 9.98. The molecule has 0 fully saturated rings. The van der Waals surface area contributed by atoms with Crippen LogP contribution in [0.4, 0.5) is 5.69 Å². The van der Waals surface area contributed by atoms with E-state index < -0.39 is 36.5 Å². The molecular formula is C18H17N3O6S. The van der Waals surface area contributed by atoms with E-state index in [1.165, 1.54) is 24.3 Å². The van der Waals surface area contributed by atoms with Crippen molar-refractivity contribution in [2.24, 2.45) is 0 Å².